The molecule has 0 aromatic rings. The van der Waals surface area contributed by atoms with Gasteiger partial charge in [0.2, 0.25) is 0 Å². The van der Waals surface area contributed by atoms with Gasteiger partial charge in [0.1, 0.15) is 0 Å². The molecule has 0 heterocycles. The Hall–Kier alpha value is 2.40. The molecule has 0 bridgehead atoms. The third-order valence-corrected chi connectivity index (χ3v) is 0. The molecule has 0 spiro atoms. The monoisotopic (exact) mass is 332 g/mol. The van der Waals surface area contributed by atoms with Crippen LogP contribution >= 0.6 is 0 Å². The first-order valence-electron chi connectivity index (χ1n) is 0. The second-order valence-electron chi connectivity index (χ2n) is 0. The summed E-state index contributed by atoms with van der Waals surface area (Å²) >= 11 is 0. The van der Waals surface area contributed by atoms with Crippen LogP contribution in [-0.4, -0.2) is 62.2 Å². The molecule has 0 aliphatic rings. The zero-order valence-electron chi connectivity index (χ0n) is 2.43. The van der Waals surface area contributed by atoms with Gasteiger partial charge in [0, 0.05) is 0 Å². The average molecular weight is 330 g/mol. The van der Waals surface area contributed by atoms with Gasteiger partial charge in [0.25, 0.3) is 0 Å². The molecule has 0 rings (SSSR count). The van der Waals surface area contributed by atoms with Crippen molar-refractivity contribution in [1.82, 2.24) is 0 Å². The summed E-state index contributed by atoms with van der Waals surface area (Å²) in [5.41, 5.74) is 0. The minimum Gasteiger partial charge on any atom is -2.00 e. The minimum atomic E-state index is 0. The third kappa shape index (κ3) is 21.5. The Morgan fingerprint density at radius 1 is 0.600 bits per heavy atom. The molecule has 0 amide bonds. The second-order valence-corrected chi connectivity index (χ2v) is 0. The maximum Gasteiger partial charge on any atom is 4.00 e. The van der Waals surface area contributed by atoms with E-state index < -0.39 is 0 Å². The Labute approximate surface area is 80.8 Å². The van der Waals surface area contributed by atoms with Crippen LogP contribution in [0.5, 0.6) is 0 Å². The van der Waals surface area contributed by atoms with E-state index in [1.54, 1.807) is 0 Å². The van der Waals surface area contributed by atoms with Crippen molar-refractivity contribution >= 4 is 62.2 Å². The Morgan fingerprint density at radius 3 is 0.600 bits per heavy atom. The average Bonchev–Trinajstić information content (AvgIpc) is 0. The van der Waals surface area contributed by atoms with Crippen molar-refractivity contribution in [2.75, 3.05) is 0 Å². The minimum absolute atomic E-state index is 0. The van der Waals surface area contributed by atoms with Crippen LogP contribution in [0.2, 0.25) is 0 Å². The van der Waals surface area contributed by atoms with Crippen LogP contribution in [0.4, 0.5) is 0 Å². The van der Waals surface area contributed by atoms with E-state index in [2.05, 4.69) is 0 Å². The number of hydrogen-bond acceptors (Lipinski definition) is 0. The van der Waals surface area contributed by atoms with Crippen molar-refractivity contribution in [3.63, 3.8) is 0 Å². The maximum atomic E-state index is 0. The Kier molecular flexibility index (Phi) is 341. The summed E-state index contributed by atoms with van der Waals surface area (Å²) in [6, 6.07) is 0. The molecule has 0 aliphatic heterocycles. The van der Waals surface area contributed by atoms with E-state index in [9.17, 15) is 0 Å². The van der Waals surface area contributed by atoms with Crippen LogP contribution in [-0.2, 0) is 19.5 Å². The van der Waals surface area contributed by atoms with E-state index in [1.165, 1.54) is 0 Å². The topological polar surface area (TPSA) is 0 Å². The first-order chi connectivity index (χ1) is 0. The molecular weight excluding hydrogens is 330 g/mol. The zero-order valence-corrected chi connectivity index (χ0v) is 11.5. The van der Waals surface area contributed by atoms with E-state index >= 15 is 0 Å². The SMILES string of the molecule is [Se-2].[Se-2].[Se-2].[Si+4].[Zn+2]. The first-order valence-corrected chi connectivity index (χ1v) is 0. The summed E-state index contributed by atoms with van der Waals surface area (Å²) in [6.07, 6.45) is 0. The molecule has 24 valence electrons. The molecule has 0 radical (unpaired) electrons. The quantitative estimate of drug-likeness (QED) is 0.473. The molecule has 0 aromatic carbocycles. The molecule has 0 aromatic heterocycles. The van der Waals surface area contributed by atoms with Crippen LogP contribution in [0.1, 0.15) is 0 Å². The maximum absolute atomic E-state index is 0. The molecule has 0 atom stereocenters. The van der Waals surface area contributed by atoms with Gasteiger partial charge in [0.15, 0.2) is 0 Å². The van der Waals surface area contributed by atoms with Gasteiger partial charge in [-0.05, 0) is 0 Å². The normalized spacial score (nSPS) is 0. The summed E-state index contributed by atoms with van der Waals surface area (Å²) in [4.78, 5) is 0. The molecule has 0 unspecified atom stereocenters. The summed E-state index contributed by atoms with van der Waals surface area (Å²) in [5, 5.41) is 0. The number of hydrogen-bond donors (Lipinski definition) is 0. The Morgan fingerprint density at radius 2 is 0.600 bits per heavy atom. The largest absolute Gasteiger partial charge is 4.00 e. The third-order valence-electron chi connectivity index (χ3n) is 0. The van der Waals surface area contributed by atoms with Crippen molar-refractivity contribution in [2.24, 2.45) is 0 Å². The standard InChI is InChI=1S/3Se.Si.Zn/q3*-2;+4;+2. The van der Waals surface area contributed by atoms with Crippen molar-refractivity contribution in [3.05, 3.63) is 0 Å². The molecule has 0 saturated heterocycles. The molecule has 5 heteroatoms. The summed E-state index contributed by atoms with van der Waals surface area (Å²) in [5.74, 6) is 0. The van der Waals surface area contributed by atoms with E-state index in [0.29, 0.717) is 0 Å². The summed E-state index contributed by atoms with van der Waals surface area (Å²) in [7, 11) is 0. The van der Waals surface area contributed by atoms with Crippen LogP contribution < -0.4 is 0 Å². The van der Waals surface area contributed by atoms with E-state index in [4.69, 9.17) is 0 Å². The van der Waals surface area contributed by atoms with E-state index in [1.807, 2.05) is 0 Å². The molecule has 5 heavy (non-hydrogen) atoms. The molecule has 0 fully saturated rings. The van der Waals surface area contributed by atoms with Gasteiger partial charge < -0.3 is 51.2 Å². The van der Waals surface area contributed by atoms with Crippen LogP contribution in [0.15, 0.2) is 0 Å². The fraction of sp³-hybridized carbons (Fsp3) is 0. The van der Waals surface area contributed by atoms with Gasteiger partial charge in [0.05, 0.1) is 0 Å². The van der Waals surface area contributed by atoms with Crippen LogP contribution in [0.25, 0.3) is 0 Å². The smallest absolute Gasteiger partial charge is 2.00 e. The molecule has 0 nitrogen and oxygen atoms in total. The van der Waals surface area contributed by atoms with E-state index in [-0.39, 0.29) is 81.6 Å². The van der Waals surface area contributed by atoms with E-state index in [0.717, 1.165) is 0 Å². The van der Waals surface area contributed by atoms with Gasteiger partial charge in [-0.3, -0.25) is 0 Å². The van der Waals surface area contributed by atoms with Gasteiger partial charge in [-0.15, -0.1) is 0 Å². The van der Waals surface area contributed by atoms with Gasteiger partial charge in [-0.1, -0.05) is 0 Å². The Balaban J connectivity index is 0. The number of rotatable bonds is 0. The van der Waals surface area contributed by atoms with Gasteiger partial charge >= 0.3 is 30.4 Å². The summed E-state index contributed by atoms with van der Waals surface area (Å²) in [6.45, 7) is 0. The fourth-order valence-corrected chi connectivity index (χ4v) is 0. The zero-order chi connectivity index (χ0) is 0. The van der Waals surface area contributed by atoms with Crippen molar-refractivity contribution in [3.8, 4) is 0 Å². The molecule has 0 N–H and O–H groups in total. The fourth-order valence-electron chi connectivity index (χ4n) is 0. The first kappa shape index (κ1) is 52.6. The second kappa shape index (κ2) is 32.4. The van der Waals surface area contributed by atoms with Crippen LogP contribution in [0, 0.1) is 0 Å². The molecular formula is Se3SiZn. The Bertz CT molecular complexity index is 6.85. The van der Waals surface area contributed by atoms with Gasteiger partial charge in [-0.2, -0.15) is 0 Å². The van der Waals surface area contributed by atoms with Crippen molar-refractivity contribution in [2.45, 2.75) is 0 Å². The van der Waals surface area contributed by atoms with Crippen molar-refractivity contribution in [1.29, 1.82) is 0 Å². The molecule has 0 aliphatic carbocycles. The predicted molar refractivity (Wildman–Crippen MR) is 23.0 cm³/mol. The van der Waals surface area contributed by atoms with Gasteiger partial charge in [-0.25, -0.2) is 0 Å². The summed E-state index contributed by atoms with van der Waals surface area (Å²) < 4.78 is 0. The van der Waals surface area contributed by atoms with Crippen LogP contribution in [0.3, 0.4) is 0 Å². The molecule has 0 saturated carbocycles. The van der Waals surface area contributed by atoms with Crippen molar-refractivity contribution < 1.29 is 19.5 Å². The predicted octanol–water partition coefficient (Wildman–Crippen LogP) is -1.53.